The predicted molar refractivity (Wildman–Crippen MR) is 124 cm³/mol. The first kappa shape index (κ1) is 23.8. The molecule has 2 heterocycles. The highest BCUT2D eigenvalue weighted by molar-refractivity contribution is 5.88. The summed E-state index contributed by atoms with van der Waals surface area (Å²) in [5.74, 6) is -1.30. The van der Waals surface area contributed by atoms with Gasteiger partial charge in [0.2, 0.25) is 0 Å². The summed E-state index contributed by atoms with van der Waals surface area (Å²) >= 11 is 0. The molecule has 0 radical (unpaired) electrons. The fourth-order valence-corrected chi connectivity index (χ4v) is 10.5. The highest BCUT2D eigenvalue weighted by Crippen LogP contribution is 2.68. The molecule has 34 heavy (non-hydrogen) atoms. The number of ketones is 1. The first-order valence-electron chi connectivity index (χ1n) is 13.7. The molecule has 14 atom stereocenters. The van der Waals surface area contributed by atoms with Crippen LogP contribution in [0.5, 0.6) is 0 Å². The van der Waals surface area contributed by atoms with Crippen molar-refractivity contribution in [3.8, 4) is 0 Å². The van der Waals surface area contributed by atoms with Crippen molar-refractivity contribution < 1.29 is 30.3 Å². The molecular weight excluding hydrogens is 434 g/mol. The Balaban J connectivity index is 1.40. The lowest BCUT2D eigenvalue weighted by molar-refractivity contribution is -0.244. The monoisotopic (exact) mass is 477 g/mol. The van der Waals surface area contributed by atoms with Gasteiger partial charge in [-0.15, -0.1) is 0 Å². The summed E-state index contributed by atoms with van der Waals surface area (Å²) in [6.07, 6.45) is 1.87. The van der Waals surface area contributed by atoms with E-state index >= 15 is 0 Å². The van der Waals surface area contributed by atoms with Crippen molar-refractivity contribution in [2.24, 2.45) is 46.8 Å². The molecule has 6 aliphatic rings. The minimum absolute atomic E-state index is 0.0170. The second kappa shape index (κ2) is 7.48. The molecule has 6 rings (SSSR count). The summed E-state index contributed by atoms with van der Waals surface area (Å²) in [5, 5.41) is 57.1. The van der Waals surface area contributed by atoms with Crippen molar-refractivity contribution in [1.82, 2.24) is 4.90 Å². The Bertz CT molecular complexity index is 864. The lowest BCUT2D eigenvalue weighted by Crippen LogP contribution is -2.72. The maximum absolute atomic E-state index is 13.4. The largest absolute Gasteiger partial charge is 0.393 e. The molecule has 6 fully saturated rings. The van der Waals surface area contributed by atoms with Gasteiger partial charge in [0.25, 0.3) is 0 Å². The highest BCUT2D eigenvalue weighted by atomic mass is 16.3. The van der Waals surface area contributed by atoms with Crippen LogP contribution in [0.2, 0.25) is 0 Å². The van der Waals surface area contributed by atoms with Crippen LogP contribution >= 0.6 is 0 Å². The van der Waals surface area contributed by atoms with Gasteiger partial charge in [0.05, 0.1) is 23.4 Å². The lowest BCUT2D eigenvalue weighted by atomic mass is 9.50. The summed E-state index contributed by atoms with van der Waals surface area (Å²) in [7, 11) is 0. The van der Waals surface area contributed by atoms with E-state index in [-0.39, 0.29) is 47.3 Å². The van der Waals surface area contributed by atoms with Crippen LogP contribution in [0.25, 0.3) is 0 Å². The van der Waals surface area contributed by atoms with Crippen molar-refractivity contribution in [3.63, 3.8) is 0 Å². The van der Waals surface area contributed by atoms with Crippen molar-refractivity contribution in [3.05, 3.63) is 0 Å². The average molecular weight is 478 g/mol. The van der Waals surface area contributed by atoms with Crippen LogP contribution in [0.15, 0.2) is 0 Å². The van der Waals surface area contributed by atoms with Crippen LogP contribution in [-0.2, 0) is 4.79 Å². The Labute approximate surface area is 202 Å². The van der Waals surface area contributed by atoms with E-state index in [0.717, 1.165) is 25.9 Å². The van der Waals surface area contributed by atoms with Gasteiger partial charge in [0.1, 0.15) is 6.10 Å². The van der Waals surface area contributed by atoms with Gasteiger partial charge in [-0.3, -0.25) is 9.69 Å². The topological polar surface area (TPSA) is 121 Å². The molecule has 7 nitrogen and oxygen atoms in total. The smallest absolute Gasteiger partial charge is 0.165 e. The van der Waals surface area contributed by atoms with E-state index in [4.69, 9.17) is 0 Å². The molecule has 0 spiro atoms. The first-order valence-corrected chi connectivity index (χ1v) is 13.7. The Hall–Kier alpha value is -0.570. The number of fused-ring (bicyclic) bond motifs is 8. The molecule has 0 aromatic carbocycles. The van der Waals surface area contributed by atoms with E-state index in [1.54, 1.807) is 0 Å². The van der Waals surface area contributed by atoms with Gasteiger partial charge in [-0.1, -0.05) is 13.8 Å². The molecule has 0 aromatic rings. The van der Waals surface area contributed by atoms with Gasteiger partial charge >= 0.3 is 0 Å². The highest BCUT2D eigenvalue weighted by Gasteiger charge is 2.73. The summed E-state index contributed by atoms with van der Waals surface area (Å²) in [6, 6.07) is 0.0170. The Kier molecular flexibility index (Phi) is 5.24. The van der Waals surface area contributed by atoms with E-state index in [9.17, 15) is 30.3 Å². The summed E-state index contributed by atoms with van der Waals surface area (Å²) in [5.41, 5.74) is -2.74. The zero-order chi connectivity index (χ0) is 24.4. The van der Waals surface area contributed by atoms with Crippen LogP contribution in [0, 0.1) is 46.8 Å². The number of hydrogen-bond acceptors (Lipinski definition) is 7. The van der Waals surface area contributed by atoms with Gasteiger partial charge in [-0.2, -0.15) is 0 Å². The molecule has 192 valence electrons. The maximum atomic E-state index is 13.4. The number of carbonyl (C=O) groups is 1. The van der Waals surface area contributed by atoms with Crippen molar-refractivity contribution in [2.45, 2.75) is 101 Å². The number of carbonyl (C=O) groups excluding carboxylic acids is 1. The Morgan fingerprint density at radius 2 is 1.68 bits per heavy atom. The van der Waals surface area contributed by atoms with E-state index in [1.165, 1.54) is 0 Å². The van der Waals surface area contributed by atoms with Crippen molar-refractivity contribution in [2.75, 3.05) is 13.1 Å². The average Bonchev–Trinajstić information content (AvgIpc) is 3.06. The van der Waals surface area contributed by atoms with Gasteiger partial charge in [0, 0.05) is 43.3 Å². The van der Waals surface area contributed by atoms with Gasteiger partial charge < -0.3 is 25.5 Å². The molecule has 0 unspecified atom stereocenters. The van der Waals surface area contributed by atoms with Gasteiger partial charge in [0.15, 0.2) is 5.78 Å². The summed E-state index contributed by atoms with van der Waals surface area (Å²) in [6.45, 7) is 7.90. The Morgan fingerprint density at radius 1 is 0.941 bits per heavy atom. The quantitative estimate of drug-likeness (QED) is 0.352. The minimum Gasteiger partial charge on any atom is -0.393 e. The Morgan fingerprint density at radius 3 is 2.41 bits per heavy atom. The second-order valence-electron chi connectivity index (χ2n) is 13.6. The van der Waals surface area contributed by atoms with Crippen molar-refractivity contribution >= 4 is 5.78 Å². The molecule has 7 heteroatoms. The zero-order valence-corrected chi connectivity index (χ0v) is 20.8. The molecule has 4 aliphatic carbocycles. The van der Waals surface area contributed by atoms with Crippen LogP contribution in [-0.4, -0.2) is 84.9 Å². The molecular formula is C27H43NO6. The SMILES string of the molecule is C[C@H]1CC[C@@H]2N(C1)C[C@@H]1[C@H]([C@@H](O)C[C@]3(O)[C@@H]4[C@H](O)C(=O)[C@H]5C[C@@H](O)CC[C@]5(C)[C@H]4C[C@H]13)[C@]2(C)O. The molecule has 2 aliphatic heterocycles. The molecule has 5 N–H and O–H groups in total. The van der Waals surface area contributed by atoms with Gasteiger partial charge in [-0.25, -0.2) is 0 Å². The molecule has 0 bridgehead atoms. The molecule has 0 aromatic heterocycles. The van der Waals surface area contributed by atoms with Crippen LogP contribution in [0.3, 0.4) is 0 Å². The number of Topliss-reactive ketones (excluding diaryl/α,β-unsaturated/α-hetero) is 1. The fraction of sp³-hybridized carbons (Fsp3) is 0.963. The fourth-order valence-electron chi connectivity index (χ4n) is 10.5. The predicted octanol–water partition coefficient (Wildman–Crippen LogP) is 0.943. The minimum atomic E-state index is -1.32. The van der Waals surface area contributed by atoms with Crippen molar-refractivity contribution in [1.29, 1.82) is 0 Å². The van der Waals surface area contributed by atoms with E-state index in [1.807, 2.05) is 6.92 Å². The van der Waals surface area contributed by atoms with E-state index in [0.29, 0.717) is 31.6 Å². The number of rotatable bonds is 0. The second-order valence-corrected chi connectivity index (χ2v) is 13.6. The van der Waals surface area contributed by atoms with Crippen LogP contribution in [0.1, 0.15) is 65.7 Å². The number of aliphatic hydroxyl groups excluding tert-OH is 3. The summed E-state index contributed by atoms with van der Waals surface area (Å²) in [4.78, 5) is 15.8. The third-order valence-corrected chi connectivity index (χ3v) is 11.9. The normalized spacial score (nSPS) is 61.6. The number of piperidine rings is 2. The van der Waals surface area contributed by atoms with Gasteiger partial charge in [-0.05, 0) is 74.5 Å². The standard InChI is InChI=1S/C27H43NO6/c1-13-4-5-20-26(3,33)21-15(12-28(20)11-13)16-9-17-22(27(16,34)10-19(21)30)24(32)23(31)18-8-14(29)6-7-25(17,18)2/h13-22,24,29-30,32-34H,4-12H2,1-3H3/t13-,14-,15-,16+,17-,18+,19-,20-,21+,22-,24-,25+,26+,27+/m0/s1. The number of aliphatic hydroxyl groups is 5. The number of hydrogen-bond donors (Lipinski definition) is 5. The lowest BCUT2D eigenvalue weighted by Gasteiger charge is -2.62. The number of nitrogens with zero attached hydrogens (tertiary/aromatic N) is 1. The third kappa shape index (κ3) is 2.94. The molecule has 4 saturated carbocycles. The van der Waals surface area contributed by atoms with E-state index < -0.39 is 41.3 Å². The van der Waals surface area contributed by atoms with E-state index in [2.05, 4.69) is 18.7 Å². The zero-order valence-electron chi connectivity index (χ0n) is 20.8. The first-order chi connectivity index (χ1) is 15.9. The van der Waals surface area contributed by atoms with Crippen LogP contribution in [0.4, 0.5) is 0 Å². The summed E-state index contributed by atoms with van der Waals surface area (Å²) < 4.78 is 0. The molecule has 0 amide bonds. The van der Waals surface area contributed by atoms with Crippen LogP contribution < -0.4 is 0 Å². The third-order valence-electron chi connectivity index (χ3n) is 11.9. The molecule has 2 saturated heterocycles. The maximum Gasteiger partial charge on any atom is 0.165 e.